The first-order valence-electron chi connectivity index (χ1n) is 24.2. The maximum absolute atomic E-state index is 14.0. The molecule has 6 amide bonds. The summed E-state index contributed by atoms with van der Waals surface area (Å²) in [6, 6.07) is 27.8. The van der Waals surface area contributed by atoms with Crippen LogP contribution in [0.4, 0.5) is 22.7 Å². The molecule has 0 spiro atoms. The van der Waals surface area contributed by atoms with Gasteiger partial charge in [-0.1, -0.05) is 36.4 Å². The molecule has 19 nitrogen and oxygen atoms in total. The van der Waals surface area contributed by atoms with E-state index < -0.39 is 30.2 Å². The van der Waals surface area contributed by atoms with Gasteiger partial charge in [0.2, 0.25) is 23.6 Å². The molecule has 0 fully saturated rings. The first-order valence-corrected chi connectivity index (χ1v) is 24.2. The van der Waals surface area contributed by atoms with E-state index in [2.05, 4.69) is 21.3 Å². The molecule has 4 aliphatic rings. The van der Waals surface area contributed by atoms with Crippen LogP contribution in [0.1, 0.15) is 68.3 Å². The van der Waals surface area contributed by atoms with E-state index in [1.54, 1.807) is 34.2 Å². The number of carbonyl (C=O) groups excluding carboxylic acids is 7. The van der Waals surface area contributed by atoms with E-state index in [0.29, 0.717) is 70.3 Å². The van der Waals surface area contributed by atoms with Gasteiger partial charge in [0, 0.05) is 55.2 Å². The molecule has 2 atom stereocenters. The second kappa shape index (κ2) is 22.3. The molecule has 5 aromatic carbocycles. The highest BCUT2D eigenvalue weighted by Gasteiger charge is 2.38. The Morgan fingerprint density at radius 2 is 1.09 bits per heavy atom. The van der Waals surface area contributed by atoms with Crippen LogP contribution >= 0.6 is 0 Å². The number of nitrogens with zero attached hydrogens (tertiary/aromatic N) is 4. The minimum absolute atomic E-state index is 0.0314. The van der Waals surface area contributed by atoms with Crippen molar-refractivity contribution in [2.45, 2.75) is 64.8 Å². The van der Waals surface area contributed by atoms with Gasteiger partial charge in [-0.05, 0) is 90.6 Å². The standard InChI is InChI=1S/C55H54N8O11/c1-32-15-41-43(56-25-38-19-36-9-4-6-11-45(36)62(38)54(41)69)22-47(32)73-30-34-16-35(18-40(17-34)72-14-8-13-50(65)59-27-52(67)61-29-53(68)60-28-51(66)58-24-33(2)64)31-74-49-23-44-42(21-48(49)71-3)55(70)63-39(26-57-44)20-37-10-5-7-12-46(37)63/h4-7,9-12,15-18,21-23,25-26,38-39H,8,13-14,19-20,24,27-31H2,1-3H3,(H,58,66)(H,59,65)(H,60,68)(H,61,67)/t38-,39-/m0/s1. The Labute approximate surface area is 426 Å². The number of para-hydroxylation sites is 2. The fraction of sp³-hybridized carbons (Fsp3) is 0.291. The van der Waals surface area contributed by atoms with E-state index in [4.69, 9.17) is 28.9 Å². The number of ketones is 1. The van der Waals surface area contributed by atoms with Crippen molar-refractivity contribution >= 4 is 76.4 Å². The van der Waals surface area contributed by atoms with Crippen molar-refractivity contribution in [1.29, 1.82) is 0 Å². The maximum Gasteiger partial charge on any atom is 0.261 e. The third-order valence-corrected chi connectivity index (χ3v) is 12.8. The van der Waals surface area contributed by atoms with Crippen molar-refractivity contribution in [2.75, 3.05) is 49.7 Å². The zero-order valence-corrected chi connectivity index (χ0v) is 41.0. The fourth-order valence-electron chi connectivity index (χ4n) is 9.15. The Morgan fingerprint density at radius 3 is 1.65 bits per heavy atom. The largest absolute Gasteiger partial charge is 0.494 e. The molecular formula is C55H54N8O11. The second-order valence-electron chi connectivity index (χ2n) is 18.2. The fourth-order valence-corrected chi connectivity index (χ4v) is 9.15. The summed E-state index contributed by atoms with van der Waals surface area (Å²) in [4.78, 5) is 101. The lowest BCUT2D eigenvalue weighted by atomic mass is 10.1. The van der Waals surface area contributed by atoms with E-state index in [9.17, 15) is 33.6 Å². The van der Waals surface area contributed by atoms with Gasteiger partial charge < -0.3 is 40.2 Å². The lowest BCUT2D eigenvalue weighted by Crippen LogP contribution is -2.44. The number of carbonyl (C=O) groups is 7. The third kappa shape index (κ3) is 11.4. The summed E-state index contributed by atoms with van der Waals surface area (Å²) in [7, 11) is 1.51. The van der Waals surface area contributed by atoms with Gasteiger partial charge in [-0.25, -0.2) is 0 Å². The molecule has 9 rings (SSSR count). The van der Waals surface area contributed by atoms with Crippen molar-refractivity contribution in [3.05, 3.63) is 130 Å². The van der Waals surface area contributed by atoms with Gasteiger partial charge in [-0.3, -0.25) is 53.3 Å². The number of aryl methyl sites for hydroxylation is 1. The number of hydrogen-bond donors (Lipinski definition) is 4. The average molecular weight is 1000 g/mol. The number of hydrogen-bond acceptors (Lipinski definition) is 13. The molecule has 19 heteroatoms. The van der Waals surface area contributed by atoms with Crippen LogP contribution in [0.15, 0.2) is 101 Å². The minimum atomic E-state index is -0.623. The predicted molar refractivity (Wildman–Crippen MR) is 275 cm³/mol. The summed E-state index contributed by atoms with van der Waals surface area (Å²) >= 11 is 0. The molecule has 380 valence electrons. The Balaban J connectivity index is 0.854. The number of Topliss-reactive ketones (excluding diaryl/α,β-unsaturated/α-hetero) is 1. The van der Waals surface area contributed by atoms with Crippen molar-refractivity contribution < 1.29 is 52.5 Å². The molecule has 0 saturated carbocycles. The van der Waals surface area contributed by atoms with Crippen LogP contribution in [0, 0.1) is 6.92 Å². The van der Waals surface area contributed by atoms with Gasteiger partial charge in [0.25, 0.3) is 11.8 Å². The van der Waals surface area contributed by atoms with Gasteiger partial charge >= 0.3 is 0 Å². The Morgan fingerprint density at radius 1 is 0.595 bits per heavy atom. The van der Waals surface area contributed by atoms with E-state index in [1.165, 1.54) is 14.0 Å². The molecule has 0 aromatic heterocycles. The summed E-state index contributed by atoms with van der Waals surface area (Å²) in [6.45, 7) is 2.19. The number of rotatable bonds is 20. The molecule has 4 heterocycles. The highest BCUT2D eigenvalue weighted by atomic mass is 16.5. The van der Waals surface area contributed by atoms with Crippen molar-refractivity contribution in [3.8, 4) is 23.0 Å². The Hall–Kier alpha value is -8.87. The second-order valence-corrected chi connectivity index (χ2v) is 18.2. The summed E-state index contributed by atoms with van der Waals surface area (Å²) in [5, 5.41) is 9.57. The van der Waals surface area contributed by atoms with Crippen molar-refractivity contribution in [3.63, 3.8) is 0 Å². The summed E-state index contributed by atoms with van der Waals surface area (Å²) in [5.41, 5.74) is 7.94. The van der Waals surface area contributed by atoms with Crippen LogP contribution in [-0.2, 0) is 50.0 Å². The molecule has 74 heavy (non-hydrogen) atoms. The zero-order valence-electron chi connectivity index (χ0n) is 41.0. The van der Waals surface area contributed by atoms with Crippen molar-refractivity contribution in [2.24, 2.45) is 9.98 Å². The number of fused-ring (bicyclic) bond motifs is 8. The van der Waals surface area contributed by atoms with Crippen LogP contribution in [0.3, 0.4) is 0 Å². The summed E-state index contributed by atoms with van der Waals surface area (Å²) in [6.07, 6.45) is 5.27. The lowest BCUT2D eigenvalue weighted by Gasteiger charge is -2.22. The van der Waals surface area contributed by atoms with Gasteiger partial charge in [0.15, 0.2) is 11.5 Å². The van der Waals surface area contributed by atoms with Gasteiger partial charge in [0.05, 0.1) is 74.5 Å². The van der Waals surface area contributed by atoms with Gasteiger partial charge in [-0.2, -0.15) is 0 Å². The quantitative estimate of drug-likeness (QED) is 0.0762. The smallest absolute Gasteiger partial charge is 0.261 e. The number of ether oxygens (including phenoxy) is 4. The molecular weight excluding hydrogens is 949 g/mol. The Kier molecular flexibility index (Phi) is 15.1. The molecule has 0 saturated heterocycles. The highest BCUT2D eigenvalue weighted by molar-refractivity contribution is 6.16. The molecule has 0 aliphatic carbocycles. The minimum Gasteiger partial charge on any atom is -0.494 e. The van der Waals surface area contributed by atoms with E-state index in [0.717, 1.165) is 33.6 Å². The highest BCUT2D eigenvalue weighted by Crippen LogP contribution is 2.42. The van der Waals surface area contributed by atoms with Crippen LogP contribution in [0.2, 0.25) is 0 Å². The van der Waals surface area contributed by atoms with Crippen LogP contribution in [0.25, 0.3) is 0 Å². The first kappa shape index (κ1) is 50.1. The average Bonchev–Trinajstić information content (AvgIpc) is 3.90. The number of benzene rings is 5. The molecule has 5 aromatic rings. The maximum atomic E-state index is 14.0. The SMILES string of the molecule is COc1cc2c(cc1OCc1cc(COc3cc4c(cc3C)C(=O)N3c5ccccc5C[C@H]3C=N4)cc(OCCCC(=O)NCC(=O)NCC(=O)NCC(=O)NCC(C)=O)c1)N=C[C@@H]1Cc3ccccc3N1C2=O. The molecule has 4 N–H and O–H groups in total. The number of amides is 6. The molecule has 0 radical (unpaired) electrons. The monoisotopic (exact) mass is 1000 g/mol. The summed E-state index contributed by atoms with van der Waals surface area (Å²) in [5.74, 6) is -1.00. The number of aliphatic imine (C=N–C) groups is 2. The van der Waals surface area contributed by atoms with E-state index >= 15 is 0 Å². The first-order chi connectivity index (χ1) is 35.8. The van der Waals surface area contributed by atoms with Crippen LogP contribution < -0.4 is 50.0 Å². The topological polar surface area (TPSA) is 236 Å². The van der Waals surface area contributed by atoms with Gasteiger partial charge in [0.1, 0.15) is 30.5 Å². The number of nitrogens with one attached hydrogen (secondary N) is 4. The summed E-state index contributed by atoms with van der Waals surface area (Å²) < 4.78 is 24.8. The normalized spacial score (nSPS) is 15.5. The number of methoxy groups -OCH3 is 1. The van der Waals surface area contributed by atoms with E-state index in [1.807, 2.05) is 85.9 Å². The molecule has 0 unspecified atom stereocenters. The zero-order chi connectivity index (χ0) is 51.9. The third-order valence-electron chi connectivity index (χ3n) is 12.8. The van der Waals surface area contributed by atoms with Gasteiger partial charge in [-0.15, -0.1) is 0 Å². The number of anilines is 2. The van der Waals surface area contributed by atoms with Crippen LogP contribution in [0.5, 0.6) is 23.0 Å². The van der Waals surface area contributed by atoms with Crippen molar-refractivity contribution in [1.82, 2.24) is 21.3 Å². The van der Waals surface area contributed by atoms with E-state index in [-0.39, 0.29) is 75.6 Å². The Bertz CT molecular complexity index is 3130. The molecule has 4 aliphatic heterocycles. The molecule has 0 bridgehead atoms. The van der Waals surface area contributed by atoms with Crippen LogP contribution in [-0.4, -0.2) is 106 Å². The predicted octanol–water partition coefficient (Wildman–Crippen LogP) is 4.95. The lowest BCUT2D eigenvalue weighted by molar-refractivity contribution is -0.129.